The molecule has 3 aromatic rings. The maximum atomic E-state index is 10.7. The van der Waals surface area contributed by atoms with E-state index in [-0.39, 0.29) is 12.3 Å². The van der Waals surface area contributed by atoms with Crippen molar-refractivity contribution in [2.45, 2.75) is 6.61 Å². The maximum Gasteiger partial charge on any atom is 0.269 e. The highest BCUT2D eigenvalue weighted by Crippen LogP contribution is 2.26. The number of nitrogens with one attached hydrogen (secondary N) is 1. The fourth-order valence-corrected chi connectivity index (χ4v) is 2.86. The predicted octanol–water partition coefficient (Wildman–Crippen LogP) is 5.93. The Hall–Kier alpha value is -3.09. The van der Waals surface area contributed by atoms with Crippen LogP contribution in [0.2, 0.25) is 10.0 Å². The molecule has 8 heteroatoms. The molecular weight excluding hydrogens is 401 g/mol. The molecule has 0 aliphatic carbocycles. The average molecular weight is 416 g/mol. The Balaban J connectivity index is 1.61. The maximum absolute atomic E-state index is 10.7. The van der Waals surface area contributed by atoms with Gasteiger partial charge in [-0.2, -0.15) is 5.10 Å². The third kappa shape index (κ3) is 5.22. The normalized spacial score (nSPS) is 10.8. The van der Waals surface area contributed by atoms with Crippen molar-refractivity contribution in [1.29, 1.82) is 0 Å². The first-order valence-corrected chi connectivity index (χ1v) is 8.98. The quantitative estimate of drug-likeness (QED) is 0.294. The molecule has 0 spiro atoms. The molecule has 0 radical (unpaired) electrons. The molecule has 0 fully saturated rings. The van der Waals surface area contributed by atoms with Crippen molar-refractivity contribution in [3.05, 3.63) is 98.0 Å². The van der Waals surface area contributed by atoms with Crippen LogP contribution in [0, 0.1) is 10.1 Å². The third-order valence-corrected chi connectivity index (χ3v) is 4.50. The fourth-order valence-electron chi connectivity index (χ4n) is 2.35. The topological polar surface area (TPSA) is 76.8 Å². The molecule has 0 amide bonds. The van der Waals surface area contributed by atoms with Gasteiger partial charge in [-0.3, -0.25) is 15.5 Å². The molecule has 3 rings (SSSR count). The Morgan fingerprint density at radius 2 is 1.71 bits per heavy atom. The molecule has 3 aromatic carbocycles. The van der Waals surface area contributed by atoms with Crippen LogP contribution in [0.3, 0.4) is 0 Å². The van der Waals surface area contributed by atoms with Gasteiger partial charge in [0.1, 0.15) is 12.4 Å². The number of hydrazone groups is 1. The SMILES string of the molecule is O=[N+]([O-])c1ccc(NN=Cc2cccc(OCc3c(Cl)cccc3Cl)c2)cc1. The minimum Gasteiger partial charge on any atom is -0.489 e. The van der Waals surface area contributed by atoms with Crippen molar-refractivity contribution < 1.29 is 9.66 Å². The lowest BCUT2D eigenvalue weighted by atomic mass is 10.2. The van der Waals surface area contributed by atoms with Crippen molar-refractivity contribution in [2.75, 3.05) is 5.43 Å². The van der Waals surface area contributed by atoms with E-state index in [1.165, 1.54) is 12.1 Å². The smallest absolute Gasteiger partial charge is 0.269 e. The van der Waals surface area contributed by atoms with Gasteiger partial charge in [-0.25, -0.2) is 0 Å². The van der Waals surface area contributed by atoms with Crippen molar-refractivity contribution in [1.82, 2.24) is 0 Å². The van der Waals surface area contributed by atoms with Crippen LogP contribution in [0.1, 0.15) is 11.1 Å². The molecule has 0 saturated heterocycles. The Kier molecular flexibility index (Phi) is 6.47. The number of hydrogen-bond acceptors (Lipinski definition) is 5. The molecule has 142 valence electrons. The van der Waals surface area contributed by atoms with E-state index in [0.29, 0.717) is 21.5 Å². The summed E-state index contributed by atoms with van der Waals surface area (Å²) in [5.74, 6) is 0.648. The molecule has 0 bridgehead atoms. The van der Waals surface area contributed by atoms with Gasteiger partial charge in [-0.05, 0) is 42.0 Å². The zero-order chi connectivity index (χ0) is 19.9. The first-order valence-electron chi connectivity index (χ1n) is 8.22. The summed E-state index contributed by atoms with van der Waals surface area (Å²) in [6.45, 7) is 0.250. The second-order valence-corrected chi connectivity index (χ2v) is 6.55. The van der Waals surface area contributed by atoms with E-state index in [0.717, 1.165) is 11.1 Å². The average Bonchev–Trinajstić information content (AvgIpc) is 2.68. The molecule has 0 saturated carbocycles. The van der Waals surface area contributed by atoms with Gasteiger partial charge in [0.25, 0.3) is 5.69 Å². The number of rotatable bonds is 7. The molecule has 0 aliphatic rings. The van der Waals surface area contributed by atoms with E-state index in [9.17, 15) is 10.1 Å². The van der Waals surface area contributed by atoms with Crippen molar-refractivity contribution >= 4 is 40.8 Å². The van der Waals surface area contributed by atoms with Gasteiger partial charge in [0.15, 0.2) is 0 Å². The second-order valence-electron chi connectivity index (χ2n) is 5.74. The first-order chi connectivity index (χ1) is 13.5. The Morgan fingerprint density at radius 1 is 1.04 bits per heavy atom. The highest BCUT2D eigenvalue weighted by atomic mass is 35.5. The van der Waals surface area contributed by atoms with Gasteiger partial charge < -0.3 is 4.74 Å². The number of halogens is 2. The number of hydrogen-bond donors (Lipinski definition) is 1. The van der Waals surface area contributed by atoms with Crippen LogP contribution in [0.4, 0.5) is 11.4 Å². The molecule has 0 aliphatic heterocycles. The molecule has 0 heterocycles. The monoisotopic (exact) mass is 415 g/mol. The van der Waals surface area contributed by atoms with E-state index >= 15 is 0 Å². The minimum absolute atomic E-state index is 0.0259. The van der Waals surface area contributed by atoms with Gasteiger partial charge in [0, 0.05) is 27.7 Å². The third-order valence-electron chi connectivity index (χ3n) is 3.79. The van der Waals surface area contributed by atoms with Gasteiger partial charge in [0.05, 0.1) is 16.8 Å². The van der Waals surface area contributed by atoms with Crippen molar-refractivity contribution in [2.24, 2.45) is 5.10 Å². The summed E-state index contributed by atoms with van der Waals surface area (Å²) in [4.78, 5) is 10.2. The summed E-state index contributed by atoms with van der Waals surface area (Å²) in [5, 5.41) is 15.9. The zero-order valence-electron chi connectivity index (χ0n) is 14.5. The van der Waals surface area contributed by atoms with E-state index in [1.807, 2.05) is 24.3 Å². The highest BCUT2D eigenvalue weighted by Gasteiger charge is 2.06. The molecule has 28 heavy (non-hydrogen) atoms. The van der Waals surface area contributed by atoms with E-state index in [2.05, 4.69) is 10.5 Å². The number of benzene rings is 3. The van der Waals surface area contributed by atoms with Crippen LogP contribution in [-0.2, 0) is 6.61 Å². The van der Waals surface area contributed by atoms with Crippen LogP contribution < -0.4 is 10.2 Å². The van der Waals surface area contributed by atoms with Gasteiger partial charge >= 0.3 is 0 Å². The second kappa shape index (κ2) is 9.21. The van der Waals surface area contributed by atoms with Crippen LogP contribution in [-0.4, -0.2) is 11.1 Å². The number of nitro groups is 1. The number of nitro benzene ring substituents is 1. The lowest BCUT2D eigenvalue weighted by Gasteiger charge is -2.09. The largest absolute Gasteiger partial charge is 0.489 e. The summed E-state index contributed by atoms with van der Waals surface area (Å²) < 4.78 is 5.78. The Morgan fingerprint density at radius 3 is 2.39 bits per heavy atom. The van der Waals surface area contributed by atoms with Crippen molar-refractivity contribution in [3.8, 4) is 5.75 Å². The fraction of sp³-hybridized carbons (Fsp3) is 0.0500. The summed E-state index contributed by atoms with van der Waals surface area (Å²) >= 11 is 12.3. The van der Waals surface area contributed by atoms with Gasteiger partial charge in [-0.15, -0.1) is 0 Å². The lowest BCUT2D eigenvalue weighted by Crippen LogP contribution is -1.98. The summed E-state index contributed by atoms with van der Waals surface area (Å²) in [6.07, 6.45) is 1.62. The molecule has 1 N–H and O–H groups in total. The lowest BCUT2D eigenvalue weighted by molar-refractivity contribution is -0.384. The summed E-state index contributed by atoms with van der Waals surface area (Å²) in [7, 11) is 0. The standard InChI is InChI=1S/C20H15Cl2N3O3/c21-19-5-2-6-20(22)18(19)13-28-17-4-1-3-14(11-17)12-23-24-15-7-9-16(10-8-15)25(26)27/h1-12,24H,13H2. The van der Waals surface area contributed by atoms with E-state index < -0.39 is 4.92 Å². The molecular formula is C20H15Cl2N3O3. The number of nitrogens with zero attached hydrogens (tertiary/aromatic N) is 2. The number of anilines is 1. The van der Waals surface area contributed by atoms with Gasteiger partial charge in [0.2, 0.25) is 0 Å². The predicted molar refractivity (Wildman–Crippen MR) is 112 cm³/mol. The van der Waals surface area contributed by atoms with Gasteiger partial charge in [-0.1, -0.05) is 41.4 Å². The zero-order valence-corrected chi connectivity index (χ0v) is 16.0. The molecule has 0 unspecified atom stereocenters. The van der Waals surface area contributed by atoms with Crippen LogP contribution in [0.5, 0.6) is 5.75 Å². The highest BCUT2D eigenvalue weighted by molar-refractivity contribution is 6.35. The summed E-state index contributed by atoms with van der Waals surface area (Å²) in [6, 6.07) is 18.7. The minimum atomic E-state index is -0.450. The molecule has 6 nitrogen and oxygen atoms in total. The molecule has 0 atom stereocenters. The van der Waals surface area contributed by atoms with Crippen LogP contribution in [0.25, 0.3) is 0 Å². The Labute approximate surface area is 171 Å². The number of ether oxygens (including phenoxy) is 1. The molecule has 0 aromatic heterocycles. The first kappa shape index (κ1) is 19.7. The van der Waals surface area contributed by atoms with E-state index in [1.54, 1.807) is 36.5 Å². The van der Waals surface area contributed by atoms with Crippen LogP contribution >= 0.6 is 23.2 Å². The van der Waals surface area contributed by atoms with Crippen LogP contribution in [0.15, 0.2) is 71.8 Å². The number of non-ortho nitro benzene ring substituents is 1. The summed E-state index contributed by atoms with van der Waals surface area (Å²) in [5.41, 5.74) is 5.03. The Bertz CT molecular complexity index is 988. The van der Waals surface area contributed by atoms with Crippen molar-refractivity contribution in [3.63, 3.8) is 0 Å². The van der Waals surface area contributed by atoms with E-state index in [4.69, 9.17) is 27.9 Å².